The fraction of sp³-hybridized carbons (Fsp3) is 0.0625. The zero-order valence-corrected chi connectivity index (χ0v) is 21.7. The summed E-state index contributed by atoms with van der Waals surface area (Å²) in [6.07, 6.45) is 12.4. The van der Waals surface area contributed by atoms with Crippen LogP contribution in [0.15, 0.2) is 119 Å². The summed E-state index contributed by atoms with van der Waals surface area (Å²) in [7, 11) is 0. The molecule has 0 spiro atoms. The lowest BCUT2D eigenvalue weighted by Crippen LogP contribution is -2.18. The lowest BCUT2D eigenvalue weighted by molar-refractivity contribution is 0.695. The molecule has 6 heteroatoms. The molecule has 0 radical (unpaired) electrons. The molecule has 4 aromatic rings. The van der Waals surface area contributed by atoms with Crippen LogP contribution in [-0.4, -0.2) is 27.4 Å². The van der Waals surface area contributed by atoms with Crippen LogP contribution in [0.3, 0.4) is 0 Å². The number of benzene rings is 2. The number of aliphatic imine (C=N–C) groups is 2. The van der Waals surface area contributed by atoms with Crippen molar-refractivity contribution in [2.75, 3.05) is 0 Å². The van der Waals surface area contributed by atoms with Gasteiger partial charge in [0.15, 0.2) is 0 Å². The van der Waals surface area contributed by atoms with Crippen molar-refractivity contribution in [2.45, 2.75) is 12.0 Å². The summed E-state index contributed by atoms with van der Waals surface area (Å²) in [5, 5.41) is 3.24. The molecule has 0 saturated carbocycles. The second kappa shape index (κ2) is 9.32. The van der Waals surface area contributed by atoms with E-state index in [1.54, 1.807) is 0 Å². The molecule has 0 fully saturated rings. The molecule has 3 aliphatic heterocycles. The number of aromatic amines is 2. The van der Waals surface area contributed by atoms with Gasteiger partial charge in [0.25, 0.3) is 0 Å². The molecule has 2 N–H and O–H groups in total. The summed E-state index contributed by atoms with van der Waals surface area (Å²) in [4.78, 5) is 17.2. The monoisotopic (exact) mass is 532 g/mol. The largest absolute Gasteiger partial charge is 0.358 e. The molecule has 7 rings (SSSR count). The molecule has 2 aromatic carbocycles. The summed E-state index contributed by atoms with van der Waals surface area (Å²) in [5.74, 6) is -0.172. The Morgan fingerprint density at radius 1 is 0.737 bits per heavy atom. The SMILES string of the molecule is Clc1cccc(Cl)c1C1c2ccc([nH]2)C=c2ccc([nH]2)=C(c2ccccc2)C2=NC(=CC3=NC1C=C3)C=C2. The summed E-state index contributed by atoms with van der Waals surface area (Å²) in [6, 6.07) is 24.2. The molecule has 8 bridgehead atoms. The Bertz CT molecular complexity index is 1830. The minimum absolute atomic E-state index is 0.170. The van der Waals surface area contributed by atoms with Gasteiger partial charge in [0, 0.05) is 43.3 Å². The van der Waals surface area contributed by atoms with Crippen molar-refractivity contribution in [1.82, 2.24) is 9.97 Å². The van der Waals surface area contributed by atoms with E-state index in [4.69, 9.17) is 33.2 Å². The van der Waals surface area contributed by atoms with E-state index in [0.717, 1.165) is 55.9 Å². The van der Waals surface area contributed by atoms with Gasteiger partial charge in [0.1, 0.15) is 0 Å². The summed E-state index contributed by atoms with van der Waals surface area (Å²) in [6.45, 7) is 0. The highest BCUT2D eigenvalue weighted by atomic mass is 35.5. The second-order valence-electron chi connectivity index (χ2n) is 9.50. The highest BCUT2D eigenvalue weighted by Crippen LogP contribution is 2.40. The number of fused-ring (bicyclic) bond motifs is 6. The molecule has 0 amide bonds. The highest BCUT2D eigenvalue weighted by Gasteiger charge is 2.30. The summed E-state index contributed by atoms with van der Waals surface area (Å²) < 4.78 is 0. The Morgan fingerprint density at radius 3 is 2.42 bits per heavy atom. The number of allylic oxidation sites excluding steroid dienone is 4. The zero-order valence-electron chi connectivity index (χ0n) is 20.2. The number of nitrogens with one attached hydrogen (secondary N) is 2. The second-order valence-corrected chi connectivity index (χ2v) is 10.3. The molecule has 5 heterocycles. The molecule has 2 aromatic heterocycles. The molecule has 3 aliphatic rings. The third-order valence-corrected chi connectivity index (χ3v) is 7.70. The molecule has 4 nitrogen and oxygen atoms in total. The van der Waals surface area contributed by atoms with Gasteiger partial charge in [-0.1, -0.05) is 65.7 Å². The topological polar surface area (TPSA) is 56.3 Å². The molecule has 38 heavy (non-hydrogen) atoms. The zero-order chi connectivity index (χ0) is 25.6. The molecule has 0 aliphatic carbocycles. The lowest BCUT2D eigenvalue weighted by atomic mass is 9.89. The standard InChI is InChI=1S/C32H22Cl2N4/c33-24-7-4-8-25(34)31(24)32-28-15-11-22(37-28)17-20-9-13-26(35-20)30(19-5-2-1-3-6-19)27-14-10-21(36-27)18-23-12-16-29(32)38-23/h1-18,28,32,36,38H. The highest BCUT2D eigenvalue weighted by molar-refractivity contribution is 6.36. The Kier molecular flexibility index (Phi) is 5.65. The number of hydrogen-bond donors (Lipinski definition) is 2. The third kappa shape index (κ3) is 4.12. The first-order chi connectivity index (χ1) is 18.6. The quantitative estimate of drug-likeness (QED) is 0.313. The van der Waals surface area contributed by atoms with Crippen LogP contribution in [0.25, 0.3) is 11.6 Å². The summed E-state index contributed by atoms with van der Waals surface area (Å²) >= 11 is 13.4. The van der Waals surface area contributed by atoms with Crippen LogP contribution in [0.2, 0.25) is 10.0 Å². The summed E-state index contributed by atoms with van der Waals surface area (Å²) in [5.41, 5.74) is 7.62. The van der Waals surface area contributed by atoms with Crippen LogP contribution in [0.4, 0.5) is 0 Å². The number of hydrogen-bond acceptors (Lipinski definition) is 2. The van der Waals surface area contributed by atoms with Gasteiger partial charge in [-0.25, -0.2) is 4.99 Å². The van der Waals surface area contributed by atoms with Crippen LogP contribution in [0, 0.1) is 0 Å². The van der Waals surface area contributed by atoms with Gasteiger partial charge in [0.2, 0.25) is 0 Å². The minimum Gasteiger partial charge on any atom is -0.358 e. The van der Waals surface area contributed by atoms with Crippen molar-refractivity contribution in [3.8, 4) is 0 Å². The van der Waals surface area contributed by atoms with Crippen molar-refractivity contribution in [3.05, 3.63) is 152 Å². The average molecular weight is 533 g/mol. The maximum Gasteiger partial charge on any atom is 0.0815 e. The van der Waals surface area contributed by atoms with Gasteiger partial charge >= 0.3 is 0 Å². The van der Waals surface area contributed by atoms with Gasteiger partial charge < -0.3 is 9.97 Å². The van der Waals surface area contributed by atoms with Crippen molar-refractivity contribution < 1.29 is 0 Å². The van der Waals surface area contributed by atoms with E-state index in [9.17, 15) is 0 Å². The molecule has 2 atom stereocenters. The van der Waals surface area contributed by atoms with Crippen molar-refractivity contribution in [1.29, 1.82) is 0 Å². The van der Waals surface area contributed by atoms with Gasteiger partial charge in [0.05, 0.1) is 29.1 Å². The predicted molar refractivity (Wildman–Crippen MR) is 157 cm³/mol. The first-order valence-electron chi connectivity index (χ1n) is 12.5. The van der Waals surface area contributed by atoms with Gasteiger partial charge in [-0.3, -0.25) is 4.99 Å². The van der Waals surface area contributed by atoms with E-state index < -0.39 is 0 Å². The van der Waals surface area contributed by atoms with E-state index in [2.05, 4.69) is 64.6 Å². The number of nitrogens with zero attached hydrogens (tertiary/aromatic N) is 2. The Morgan fingerprint density at radius 2 is 1.58 bits per heavy atom. The van der Waals surface area contributed by atoms with Crippen molar-refractivity contribution >= 4 is 46.3 Å². The first-order valence-corrected chi connectivity index (χ1v) is 13.2. The number of halogens is 2. The van der Waals surface area contributed by atoms with Crippen LogP contribution >= 0.6 is 23.2 Å². The maximum atomic E-state index is 6.71. The molecule has 2 unspecified atom stereocenters. The Hall–Kier alpha value is -4.12. The minimum atomic E-state index is -0.172. The smallest absolute Gasteiger partial charge is 0.0815 e. The number of aromatic nitrogens is 2. The fourth-order valence-electron chi connectivity index (χ4n) is 5.34. The van der Waals surface area contributed by atoms with E-state index in [-0.39, 0.29) is 12.0 Å². The fourth-order valence-corrected chi connectivity index (χ4v) is 5.98. The van der Waals surface area contributed by atoms with Gasteiger partial charge in [-0.05, 0) is 72.3 Å². The van der Waals surface area contributed by atoms with E-state index in [1.807, 2.05) is 54.6 Å². The molecular formula is C32H22Cl2N4. The molecular weight excluding hydrogens is 511 g/mol. The van der Waals surface area contributed by atoms with E-state index in [0.29, 0.717) is 10.0 Å². The van der Waals surface area contributed by atoms with Crippen LogP contribution in [0.5, 0.6) is 0 Å². The molecule has 184 valence electrons. The van der Waals surface area contributed by atoms with E-state index >= 15 is 0 Å². The van der Waals surface area contributed by atoms with Gasteiger partial charge in [-0.2, -0.15) is 0 Å². The number of rotatable bonds is 2. The maximum absolute atomic E-state index is 6.71. The normalized spacial score (nSPS) is 19.7. The van der Waals surface area contributed by atoms with Gasteiger partial charge in [-0.15, -0.1) is 0 Å². The molecule has 0 saturated heterocycles. The predicted octanol–water partition coefficient (Wildman–Crippen LogP) is 6.10. The third-order valence-electron chi connectivity index (χ3n) is 7.05. The van der Waals surface area contributed by atoms with Crippen LogP contribution < -0.4 is 10.7 Å². The van der Waals surface area contributed by atoms with E-state index in [1.165, 1.54) is 0 Å². The van der Waals surface area contributed by atoms with Crippen molar-refractivity contribution in [2.24, 2.45) is 9.98 Å². The lowest BCUT2D eigenvalue weighted by Gasteiger charge is -2.22. The first kappa shape index (κ1) is 23.0. The van der Waals surface area contributed by atoms with Crippen LogP contribution in [-0.2, 0) is 0 Å². The number of H-pyrrole nitrogens is 2. The van der Waals surface area contributed by atoms with Crippen LogP contribution in [0.1, 0.15) is 28.4 Å². The van der Waals surface area contributed by atoms with Crippen molar-refractivity contribution in [3.63, 3.8) is 0 Å². The average Bonchev–Trinajstić information content (AvgIpc) is 3.72. The Labute approximate surface area is 229 Å². The Balaban J connectivity index is 1.47.